The molecular formula is C5H8N2O3S. The topological polar surface area (TPSA) is 75.3 Å². The zero-order valence-corrected chi connectivity index (χ0v) is 6.73. The van der Waals surface area contributed by atoms with Crippen molar-refractivity contribution >= 4 is 21.2 Å². The molecule has 1 rings (SSSR count). The van der Waals surface area contributed by atoms with E-state index < -0.39 is 16.2 Å². The van der Waals surface area contributed by atoms with Gasteiger partial charge in [0, 0.05) is 13.6 Å². The van der Waals surface area contributed by atoms with Crippen LogP contribution in [0.25, 0.3) is 0 Å². The maximum atomic E-state index is 10.9. The van der Waals surface area contributed by atoms with E-state index in [9.17, 15) is 13.2 Å². The zero-order chi connectivity index (χ0) is 8.43. The van der Waals surface area contributed by atoms with Gasteiger partial charge in [0.25, 0.3) is 0 Å². The third-order valence-corrected chi connectivity index (χ3v) is 2.33. The Morgan fingerprint density at radius 3 is 2.64 bits per heavy atom. The van der Waals surface area contributed by atoms with Crippen molar-refractivity contribution < 1.29 is 13.2 Å². The predicted molar refractivity (Wildman–Crippen MR) is 39.5 cm³/mol. The maximum Gasteiger partial charge on any atom is 0.230 e. The van der Waals surface area contributed by atoms with Gasteiger partial charge in [0.05, 0.1) is 0 Å². The molecule has 11 heavy (non-hydrogen) atoms. The van der Waals surface area contributed by atoms with Crippen LogP contribution in [0.15, 0.2) is 0 Å². The van der Waals surface area contributed by atoms with E-state index in [-0.39, 0.29) is 10.9 Å². The molecule has 62 valence electrons. The fraction of sp³-hybridized carbons (Fsp3) is 0.600. The first-order chi connectivity index (χ1) is 5.16. The fourth-order valence-corrected chi connectivity index (χ4v) is 1.47. The van der Waals surface area contributed by atoms with Gasteiger partial charge in [-0.1, -0.05) is 0 Å². The van der Waals surface area contributed by atoms with Crippen molar-refractivity contribution in [3.63, 3.8) is 0 Å². The number of amides is 1. The van der Waals surface area contributed by atoms with Crippen LogP contribution in [0.2, 0.25) is 0 Å². The van der Waals surface area contributed by atoms with Gasteiger partial charge < -0.3 is 5.32 Å². The number of rotatable bonds is 1. The maximum absolute atomic E-state index is 10.9. The number of carbonyl (C=O) groups excluding carboxylic acids is 1. The minimum Gasteiger partial charge on any atom is -0.359 e. The summed E-state index contributed by atoms with van der Waals surface area (Å²) < 4.78 is 20.7. The Labute approximate surface area is 65.3 Å². The third kappa shape index (κ3) is 1.41. The second kappa shape index (κ2) is 3.02. The molecule has 6 heteroatoms. The number of hydrogen-bond acceptors (Lipinski definition) is 3. The van der Waals surface area contributed by atoms with E-state index in [1.54, 1.807) is 0 Å². The molecule has 1 atom stereocenters. The molecule has 0 aliphatic carbocycles. The molecule has 1 unspecified atom stereocenters. The lowest BCUT2D eigenvalue weighted by atomic mass is 10.0. The van der Waals surface area contributed by atoms with Gasteiger partial charge in [-0.05, 0) is 0 Å². The van der Waals surface area contributed by atoms with Crippen LogP contribution >= 0.6 is 0 Å². The Morgan fingerprint density at radius 2 is 2.36 bits per heavy atom. The first-order valence-electron chi connectivity index (χ1n) is 3.08. The lowest BCUT2D eigenvalue weighted by Gasteiger charge is -2.25. The summed E-state index contributed by atoms with van der Waals surface area (Å²) in [5.74, 6) is -0.763. The average molecular weight is 176 g/mol. The van der Waals surface area contributed by atoms with Gasteiger partial charge >= 0.3 is 0 Å². The summed E-state index contributed by atoms with van der Waals surface area (Å²) in [6.45, 7) is 0.406. The highest BCUT2D eigenvalue weighted by Crippen LogP contribution is 2.04. The van der Waals surface area contributed by atoms with Crippen LogP contribution in [-0.2, 0) is 15.1 Å². The van der Waals surface area contributed by atoms with Crippen LogP contribution in [0.5, 0.6) is 0 Å². The van der Waals surface area contributed by atoms with Crippen LogP contribution < -0.4 is 10.6 Å². The monoisotopic (exact) mass is 176 g/mol. The molecule has 0 spiro atoms. The zero-order valence-electron chi connectivity index (χ0n) is 5.92. The molecule has 1 fully saturated rings. The second-order valence-corrected chi connectivity index (χ2v) is 3.06. The summed E-state index contributed by atoms with van der Waals surface area (Å²) in [6.07, 6.45) is 0. The molecule has 0 saturated carbocycles. The molecule has 1 amide bonds. The number of carbonyl (C=O) groups is 1. The van der Waals surface area contributed by atoms with Gasteiger partial charge in [0.2, 0.25) is 16.2 Å². The second-order valence-electron chi connectivity index (χ2n) is 2.15. The van der Waals surface area contributed by atoms with E-state index in [0.29, 0.717) is 6.54 Å². The summed E-state index contributed by atoms with van der Waals surface area (Å²) >= 11 is 0. The molecule has 1 aliphatic rings. The van der Waals surface area contributed by atoms with Crippen LogP contribution in [0, 0.1) is 5.92 Å². The number of nitrogens with one attached hydrogen (secondary N) is 2. The molecule has 0 aromatic carbocycles. The minimum absolute atomic E-state index is 0.0874. The molecule has 0 aromatic heterocycles. The fourth-order valence-electron chi connectivity index (χ4n) is 0.849. The van der Waals surface area contributed by atoms with E-state index in [0.717, 1.165) is 0 Å². The number of hydrogen-bond donors (Lipinski definition) is 2. The summed E-state index contributed by atoms with van der Waals surface area (Å²) in [6, 6.07) is 0. The molecule has 1 aliphatic heterocycles. The molecule has 1 heterocycles. The standard InChI is InChI=1S/C5H8N2O3S/c1-6-4(8)3-2-7-5(3)11(9)10/h3,7H,2H2,1H3,(H,6,8). The van der Waals surface area contributed by atoms with E-state index in [1.807, 2.05) is 0 Å². The largest absolute Gasteiger partial charge is 0.359 e. The molecule has 1 saturated heterocycles. The van der Waals surface area contributed by atoms with Gasteiger partial charge in [-0.15, -0.1) is 0 Å². The van der Waals surface area contributed by atoms with Crippen molar-refractivity contribution in [2.24, 2.45) is 5.92 Å². The highest BCUT2D eigenvalue weighted by Gasteiger charge is 2.32. The average Bonchev–Trinajstić information content (AvgIpc) is 1.83. The lowest BCUT2D eigenvalue weighted by Crippen LogP contribution is -2.55. The first-order valence-corrected chi connectivity index (χ1v) is 4.16. The Hall–Kier alpha value is -0.880. The molecule has 0 radical (unpaired) electrons. The van der Waals surface area contributed by atoms with Gasteiger partial charge in [0.15, 0.2) is 0 Å². The van der Waals surface area contributed by atoms with Crippen molar-refractivity contribution in [1.82, 2.24) is 10.6 Å². The molecule has 0 aromatic rings. The van der Waals surface area contributed by atoms with Crippen molar-refractivity contribution in [2.45, 2.75) is 0 Å². The molecule has 2 N–H and O–H groups in total. The summed E-state index contributed by atoms with van der Waals surface area (Å²) in [5, 5.41) is 4.93. The van der Waals surface area contributed by atoms with Gasteiger partial charge in [-0.3, -0.25) is 10.1 Å². The highest BCUT2D eigenvalue weighted by molar-refractivity contribution is 7.73. The summed E-state index contributed by atoms with van der Waals surface area (Å²) in [5.41, 5.74) is 0. The smallest absolute Gasteiger partial charge is 0.230 e. The normalized spacial score (nSPS) is 22.3. The third-order valence-electron chi connectivity index (χ3n) is 1.54. The summed E-state index contributed by atoms with van der Waals surface area (Å²) in [4.78, 5) is 11.0. The lowest BCUT2D eigenvalue weighted by molar-refractivity contribution is -0.123. The SMILES string of the molecule is CNC(=O)C1CNC1=S(=O)=O. The van der Waals surface area contributed by atoms with Crippen molar-refractivity contribution in [3.05, 3.63) is 0 Å². The molecule has 0 bridgehead atoms. The Morgan fingerprint density at radius 1 is 1.73 bits per heavy atom. The van der Waals surface area contributed by atoms with Crippen molar-refractivity contribution in [2.75, 3.05) is 13.6 Å². The predicted octanol–water partition coefficient (Wildman–Crippen LogP) is -2.04. The first kappa shape index (κ1) is 8.22. The van der Waals surface area contributed by atoms with Crippen molar-refractivity contribution in [1.29, 1.82) is 0 Å². The Kier molecular flexibility index (Phi) is 2.25. The Balaban J connectivity index is 2.80. The van der Waals surface area contributed by atoms with Gasteiger partial charge in [-0.25, -0.2) is 0 Å². The van der Waals surface area contributed by atoms with E-state index in [1.165, 1.54) is 7.05 Å². The minimum atomic E-state index is -2.28. The van der Waals surface area contributed by atoms with Crippen molar-refractivity contribution in [3.8, 4) is 0 Å². The highest BCUT2D eigenvalue weighted by atomic mass is 32.2. The van der Waals surface area contributed by atoms with Gasteiger partial charge in [0.1, 0.15) is 10.9 Å². The Bertz CT molecular complexity index is 298. The van der Waals surface area contributed by atoms with Crippen LogP contribution in [0.3, 0.4) is 0 Å². The molecular weight excluding hydrogens is 168 g/mol. The van der Waals surface area contributed by atoms with E-state index >= 15 is 0 Å². The van der Waals surface area contributed by atoms with Crippen LogP contribution in [0.1, 0.15) is 0 Å². The quantitative estimate of drug-likeness (QED) is 0.451. The van der Waals surface area contributed by atoms with E-state index in [2.05, 4.69) is 10.6 Å². The van der Waals surface area contributed by atoms with Crippen LogP contribution in [0.4, 0.5) is 0 Å². The summed E-state index contributed by atoms with van der Waals surface area (Å²) in [7, 11) is -0.803. The van der Waals surface area contributed by atoms with Gasteiger partial charge in [-0.2, -0.15) is 8.42 Å². The van der Waals surface area contributed by atoms with E-state index in [4.69, 9.17) is 0 Å². The van der Waals surface area contributed by atoms with Crippen LogP contribution in [-0.4, -0.2) is 32.9 Å². The molecule has 5 nitrogen and oxygen atoms in total.